The van der Waals surface area contributed by atoms with Gasteiger partial charge in [-0.15, -0.1) is 0 Å². The third-order valence-electron chi connectivity index (χ3n) is 5.04. The fourth-order valence-corrected chi connectivity index (χ4v) is 3.42. The summed E-state index contributed by atoms with van der Waals surface area (Å²) >= 11 is 0. The zero-order valence-corrected chi connectivity index (χ0v) is 18.2. The first-order valence-corrected chi connectivity index (χ1v) is 9.45. The molecule has 0 radical (unpaired) electrons. The Balaban J connectivity index is 1.53. The summed E-state index contributed by atoms with van der Waals surface area (Å²) in [5.41, 5.74) is -0.462. The summed E-state index contributed by atoms with van der Waals surface area (Å²) in [4.78, 5) is 72.1. The van der Waals surface area contributed by atoms with Crippen LogP contribution >= 0.6 is 0 Å². The maximum absolute atomic E-state index is 12.6. The third-order valence-corrected chi connectivity index (χ3v) is 5.04. The fourth-order valence-electron chi connectivity index (χ4n) is 3.42. The minimum Gasteiger partial charge on any atom is -0.493 e. The summed E-state index contributed by atoms with van der Waals surface area (Å²) in [6, 6.07) is 4.98. The van der Waals surface area contributed by atoms with Gasteiger partial charge in [0.15, 0.2) is 23.0 Å². The normalized spacial score (nSPS) is 14.1. The van der Waals surface area contributed by atoms with E-state index in [1.807, 2.05) is 0 Å². The van der Waals surface area contributed by atoms with E-state index in [0.717, 1.165) is 0 Å². The van der Waals surface area contributed by atoms with Gasteiger partial charge >= 0.3 is 6.16 Å². The molecule has 4 amide bonds. The van der Waals surface area contributed by atoms with Gasteiger partial charge in [0.2, 0.25) is 0 Å². The highest BCUT2D eigenvalue weighted by atomic mass is 16.9. The van der Waals surface area contributed by atoms with Crippen molar-refractivity contribution in [3.8, 4) is 23.0 Å². The SMILES string of the molecule is COc1cc2c(cc1OC)C(=O)N(OC(=O)ON1C(=O)c3cc(OC)c(OC)cc3C1=O)C2=O. The zero-order chi connectivity index (χ0) is 24.7. The number of imide groups is 2. The molecular formula is C21H16N2O11. The van der Waals surface area contributed by atoms with Crippen LogP contribution in [0.4, 0.5) is 4.79 Å². The number of rotatable bonds is 6. The second-order valence-electron chi connectivity index (χ2n) is 6.75. The Kier molecular flexibility index (Phi) is 5.45. The van der Waals surface area contributed by atoms with Crippen LogP contribution in [-0.4, -0.2) is 68.3 Å². The van der Waals surface area contributed by atoms with Gasteiger partial charge in [-0.05, 0) is 24.3 Å². The van der Waals surface area contributed by atoms with Crippen molar-refractivity contribution < 1.29 is 52.6 Å². The van der Waals surface area contributed by atoms with E-state index in [0.29, 0.717) is 0 Å². The van der Waals surface area contributed by atoms with Gasteiger partial charge in [0.1, 0.15) is 0 Å². The van der Waals surface area contributed by atoms with Crippen molar-refractivity contribution in [1.29, 1.82) is 0 Å². The minimum absolute atomic E-state index is 0.115. The Bertz CT molecular complexity index is 1090. The van der Waals surface area contributed by atoms with Crippen molar-refractivity contribution in [2.24, 2.45) is 0 Å². The largest absolute Gasteiger partial charge is 0.560 e. The number of fused-ring (bicyclic) bond motifs is 2. The van der Waals surface area contributed by atoms with Crippen LogP contribution in [0.3, 0.4) is 0 Å². The Morgan fingerprint density at radius 3 is 0.971 bits per heavy atom. The van der Waals surface area contributed by atoms with Crippen molar-refractivity contribution in [3.05, 3.63) is 46.5 Å². The van der Waals surface area contributed by atoms with Gasteiger partial charge in [-0.2, -0.15) is 4.79 Å². The van der Waals surface area contributed by atoms with E-state index in [9.17, 15) is 24.0 Å². The monoisotopic (exact) mass is 472 g/mol. The molecule has 0 aliphatic carbocycles. The zero-order valence-electron chi connectivity index (χ0n) is 18.2. The summed E-state index contributed by atoms with van der Waals surface area (Å²) in [6.45, 7) is 0. The van der Waals surface area contributed by atoms with Gasteiger partial charge < -0.3 is 18.9 Å². The lowest BCUT2D eigenvalue weighted by Gasteiger charge is -2.15. The Labute approximate surface area is 191 Å². The van der Waals surface area contributed by atoms with E-state index in [2.05, 4.69) is 0 Å². The van der Waals surface area contributed by atoms with Gasteiger partial charge in [0.25, 0.3) is 23.6 Å². The molecule has 0 spiro atoms. The molecule has 0 aromatic heterocycles. The van der Waals surface area contributed by atoms with E-state index >= 15 is 0 Å². The Morgan fingerprint density at radius 1 is 0.529 bits per heavy atom. The van der Waals surface area contributed by atoms with Crippen LogP contribution < -0.4 is 18.9 Å². The standard InChI is InChI=1S/C21H16N2O11/c1-29-13-5-9-10(6-14(13)30-2)18(25)22(17(9)24)33-21(28)34-23-19(26)11-7-15(31-3)16(32-4)8-12(11)20(23)27/h5-8H,1-4H3. The van der Waals surface area contributed by atoms with Crippen LogP contribution in [0.15, 0.2) is 24.3 Å². The summed E-state index contributed by atoms with van der Waals surface area (Å²) in [7, 11) is 5.35. The molecule has 34 heavy (non-hydrogen) atoms. The number of benzene rings is 2. The van der Waals surface area contributed by atoms with Crippen LogP contribution in [0, 0.1) is 0 Å². The summed E-state index contributed by atoms with van der Waals surface area (Å²) < 4.78 is 20.4. The first kappa shape index (κ1) is 22.4. The minimum atomic E-state index is -1.68. The van der Waals surface area contributed by atoms with E-state index in [4.69, 9.17) is 28.6 Å². The molecule has 13 nitrogen and oxygen atoms in total. The molecule has 2 aliphatic rings. The molecule has 176 valence electrons. The third kappa shape index (κ3) is 3.30. The highest BCUT2D eigenvalue weighted by molar-refractivity contribution is 6.22. The molecular weight excluding hydrogens is 456 g/mol. The van der Waals surface area contributed by atoms with E-state index in [1.54, 1.807) is 0 Å². The van der Waals surface area contributed by atoms with Gasteiger partial charge in [0.05, 0.1) is 50.7 Å². The van der Waals surface area contributed by atoms with Gasteiger partial charge in [0, 0.05) is 0 Å². The van der Waals surface area contributed by atoms with E-state index < -0.39 is 29.8 Å². The van der Waals surface area contributed by atoms with Crippen LogP contribution in [0.5, 0.6) is 23.0 Å². The van der Waals surface area contributed by atoms with Crippen LogP contribution in [0.1, 0.15) is 41.4 Å². The second-order valence-corrected chi connectivity index (χ2v) is 6.75. The lowest BCUT2D eigenvalue weighted by Crippen LogP contribution is -2.38. The fraction of sp³-hybridized carbons (Fsp3) is 0.190. The number of nitrogens with zero attached hydrogens (tertiary/aromatic N) is 2. The van der Waals surface area contributed by atoms with E-state index in [-0.39, 0.29) is 55.4 Å². The van der Waals surface area contributed by atoms with Crippen molar-refractivity contribution in [3.63, 3.8) is 0 Å². The summed E-state index contributed by atoms with van der Waals surface area (Å²) in [5.74, 6) is -3.28. The first-order valence-electron chi connectivity index (χ1n) is 9.45. The number of hydrogen-bond acceptors (Lipinski definition) is 11. The molecule has 4 rings (SSSR count). The molecule has 0 fully saturated rings. The summed E-state index contributed by atoms with van der Waals surface area (Å²) in [5, 5.41) is 0.270. The van der Waals surface area contributed by atoms with Crippen molar-refractivity contribution in [2.75, 3.05) is 28.4 Å². The predicted octanol–water partition coefficient (Wildman–Crippen LogP) is 1.60. The molecule has 2 aliphatic heterocycles. The quantitative estimate of drug-likeness (QED) is 0.565. The lowest BCUT2D eigenvalue weighted by atomic mass is 10.1. The average Bonchev–Trinajstić information content (AvgIpc) is 3.21. The van der Waals surface area contributed by atoms with E-state index in [1.165, 1.54) is 52.7 Å². The van der Waals surface area contributed by atoms with Gasteiger partial charge in [-0.3, -0.25) is 28.9 Å². The number of methoxy groups -OCH3 is 4. The number of hydroxylamine groups is 4. The predicted molar refractivity (Wildman–Crippen MR) is 108 cm³/mol. The maximum Gasteiger partial charge on any atom is 0.560 e. The highest BCUT2D eigenvalue weighted by Crippen LogP contribution is 2.36. The molecule has 0 atom stereocenters. The Morgan fingerprint density at radius 2 is 0.765 bits per heavy atom. The topological polar surface area (TPSA) is 147 Å². The molecule has 2 aromatic carbocycles. The van der Waals surface area contributed by atoms with Gasteiger partial charge in [-0.1, -0.05) is 10.1 Å². The molecule has 13 heteroatoms. The number of hydrogen-bond donors (Lipinski definition) is 0. The molecule has 2 aromatic rings. The van der Waals surface area contributed by atoms with Crippen LogP contribution in [-0.2, 0) is 9.68 Å². The summed E-state index contributed by atoms with van der Waals surface area (Å²) in [6.07, 6.45) is -1.68. The molecule has 0 N–H and O–H groups in total. The smallest absolute Gasteiger partial charge is 0.493 e. The van der Waals surface area contributed by atoms with Crippen molar-refractivity contribution in [1.82, 2.24) is 10.1 Å². The molecule has 0 saturated heterocycles. The number of carbonyl (C=O) groups excluding carboxylic acids is 5. The molecule has 0 bridgehead atoms. The maximum atomic E-state index is 12.6. The molecule has 0 unspecified atom stereocenters. The molecule has 0 saturated carbocycles. The molecule has 2 heterocycles. The van der Waals surface area contributed by atoms with Crippen LogP contribution in [0.25, 0.3) is 0 Å². The van der Waals surface area contributed by atoms with Crippen molar-refractivity contribution >= 4 is 29.8 Å². The number of carbonyl (C=O) groups is 5. The second kappa shape index (κ2) is 8.27. The number of ether oxygens (including phenoxy) is 4. The average molecular weight is 472 g/mol. The van der Waals surface area contributed by atoms with Gasteiger partial charge in [-0.25, -0.2) is 0 Å². The van der Waals surface area contributed by atoms with Crippen LogP contribution in [0.2, 0.25) is 0 Å². The lowest BCUT2D eigenvalue weighted by molar-refractivity contribution is -0.121. The number of amides is 4. The Hall–Kier alpha value is -4.81. The first-order chi connectivity index (χ1) is 16.2. The van der Waals surface area contributed by atoms with Crippen molar-refractivity contribution in [2.45, 2.75) is 0 Å². The highest BCUT2D eigenvalue weighted by Gasteiger charge is 2.44.